The van der Waals surface area contributed by atoms with Crippen molar-refractivity contribution in [2.24, 2.45) is 0 Å². The Morgan fingerprint density at radius 1 is 0.467 bits per heavy atom. The molecule has 0 amide bonds. The molecule has 0 aromatic carbocycles. The molecule has 2 aliphatic heterocycles. The van der Waals surface area contributed by atoms with Gasteiger partial charge in [0.15, 0.2) is 40.1 Å². The van der Waals surface area contributed by atoms with Gasteiger partial charge in [-0.1, -0.05) is 78.6 Å². The molecule has 30 heteroatoms. The quantitative estimate of drug-likeness (QED) is 0.0888. The van der Waals surface area contributed by atoms with E-state index in [1.165, 1.54) is 96.7 Å². The Balaban J connectivity index is 0. The van der Waals surface area contributed by atoms with Crippen molar-refractivity contribution in [3.05, 3.63) is 33.1 Å². The van der Waals surface area contributed by atoms with Gasteiger partial charge in [0.25, 0.3) is 0 Å². The minimum Gasteiger partial charge on any atom is -0.421 e. The standard InChI is InChI=1S/C16H32N2.C10H20N2.2C2F6NO4S2/c1-4-6-8-10-12-17-14-15-18(16(17)3)13-11-9-7-5-2;1-3-4-5-6-7-12-9-8-11(2)10-12;2*3-1(4,5)14(10,11)9-15(12,13)2(6,7)8/h14-16H,4-13H2,1-3H3;8-9H,3-7,10H2,1-2H3;;/q;;2*-1. The Labute approximate surface area is 344 Å². The van der Waals surface area contributed by atoms with E-state index in [0.717, 1.165) is 14.9 Å². The third-order valence-corrected chi connectivity index (χ3v) is 13.2. The second-order valence-electron chi connectivity index (χ2n) is 12.9. The third-order valence-electron chi connectivity index (χ3n) is 7.75. The Bertz CT molecular complexity index is 1550. The molecule has 0 spiro atoms. The Morgan fingerprint density at radius 2 is 0.750 bits per heavy atom. The zero-order chi connectivity index (χ0) is 47.4. The number of halogens is 12. The summed E-state index contributed by atoms with van der Waals surface area (Å²) in [6.45, 7) is 13.9. The van der Waals surface area contributed by atoms with E-state index in [2.05, 4.69) is 79.1 Å². The first kappa shape index (κ1) is 59.7. The Morgan fingerprint density at radius 3 is 0.983 bits per heavy atom. The molecule has 0 unspecified atom stereocenters. The van der Waals surface area contributed by atoms with Gasteiger partial charge < -0.3 is 27.9 Å². The molecule has 0 fully saturated rings. The lowest BCUT2D eigenvalue weighted by atomic mass is 10.2. The fraction of sp³-hybridized carbons (Fsp3) is 0.867. The largest absolute Gasteiger partial charge is 0.480 e. The summed E-state index contributed by atoms with van der Waals surface area (Å²) in [5, 5.41) is 0. The predicted molar refractivity (Wildman–Crippen MR) is 200 cm³/mol. The first-order chi connectivity index (χ1) is 27.0. The fourth-order valence-electron chi connectivity index (χ4n) is 4.48. The average Bonchev–Trinajstić information content (AvgIpc) is 3.65. The van der Waals surface area contributed by atoms with Gasteiger partial charge in [0.05, 0.1) is 12.8 Å². The van der Waals surface area contributed by atoms with Gasteiger partial charge in [-0.2, -0.15) is 52.7 Å². The van der Waals surface area contributed by atoms with Crippen LogP contribution in [0.3, 0.4) is 0 Å². The average molecular weight is 981 g/mol. The number of sulfonamides is 4. The Kier molecular flexibility index (Phi) is 25.5. The van der Waals surface area contributed by atoms with Gasteiger partial charge in [-0.25, -0.2) is 33.7 Å². The minimum atomic E-state index is -6.72. The SMILES string of the molecule is CCCCCCN1C=CN(C)C1.CCCCCCN1C=CN(CCCCCC)C1C.O=S(=O)([N-]S(=O)(=O)C(F)(F)F)C(F)(F)F.O=S(=O)([N-]S(=O)(=O)C(F)(F)F)C(F)(F)F. The smallest absolute Gasteiger partial charge is 0.421 e. The Hall–Kier alpha value is -2.44. The maximum Gasteiger partial charge on any atom is 0.480 e. The lowest BCUT2D eigenvalue weighted by molar-refractivity contribution is -0.0456. The molecule has 0 saturated heterocycles. The molecule has 0 aromatic rings. The van der Waals surface area contributed by atoms with Gasteiger partial charge in [-0.05, 0) is 26.2 Å². The van der Waals surface area contributed by atoms with Gasteiger partial charge in [0.2, 0.25) is 0 Å². The van der Waals surface area contributed by atoms with Crippen LogP contribution in [-0.2, 0) is 40.1 Å². The van der Waals surface area contributed by atoms with Crippen LogP contribution in [0.2, 0.25) is 0 Å². The van der Waals surface area contributed by atoms with Crippen LogP contribution in [0, 0.1) is 0 Å². The molecule has 14 nitrogen and oxygen atoms in total. The van der Waals surface area contributed by atoms with Gasteiger partial charge in [-0.15, -0.1) is 0 Å². The topological polar surface area (TPSA) is 178 Å². The van der Waals surface area contributed by atoms with E-state index in [1.54, 1.807) is 0 Å². The summed E-state index contributed by atoms with van der Waals surface area (Å²) >= 11 is 0. The zero-order valence-corrected chi connectivity index (χ0v) is 36.6. The molecule has 0 saturated carbocycles. The highest BCUT2D eigenvalue weighted by Gasteiger charge is 2.48. The molecule has 360 valence electrons. The molecular weight excluding hydrogens is 929 g/mol. The van der Waals surface area contributed by atoms with Crippen LogP contribution >= 0.6 is 0 Å². The van der Waals surface area contributed by atoms with E-state index in [1.807, 2.05) is 0 Å². The van der Waals surface area contributed by atoms with Crippen molar-refractivity contribution in [1.29, 1.82) is 0 Å². The monoisotopic (exact) mass is 980 g/mol. The summed E-state index contributed by atoms with van der Waals surface area (Å²) in [4.78, 5) is 9.57. The second kappa shape index (κ2) is 25.6. The van der Waals surface area contributed by atoms with E-state index >= 15 is 0 Å². The number of alkyl halides is 12. The summed E-state index contributed by atoms with van der Waals surface area (Å²) in [6, 6.07) is 0. The second-order valence-corrected chi connectivity index (χ2v) is 19.8. The molecule has 0 atom stereocenters. The molecule has 2 aliphatic rings. The van der Waals surface area contributed by atoms with Crippen LogP contribution in [0.1, 0.15) is 105 Å². The lowest BCUT2D eigenvalue weighted by Gasteiger charge is -2.29. The first-order valence-electron chi connectivity index (χ1n) is 18.1. The van der Waals surface area contributed by atoms with Crippen LogP contribution in [-0.4, -0.2) is 115 Å². The fourth-order valence-corrected chi connectivity index (χ4v) is 7.90. The zero-order valence-electron chi connectivity index (χ0n) is 33.3. The third kappa shape index (κ3) is 22.6. The van der Waals surface area contributed by atoms with Gasteiger partial charge in [-0.3, -0.25) is 0 Å². The highest BCUT2D eigenvalue weighted by Crippen LogP contribution is 2.37. The molecule has 0 radical (unpaired) electrons. The molecule has 60 heavy (non-hydrogen) atoms. The van der Waals surface area contributed by atoms with E-state index < -0.39 is 62.1 Å². The molecule has 2 rings (SSSR count). The summed E-state index contributed by atoms with van der Waals surface area (Å²) in [7, 11) is -24.8. The summed E-state index contributed by atoms with van der Waals surface area (Å²) in [5.41, 5.74) is -24.8. The predicted octanol–water partition coefficient (Wildman–Crippen LogP) is 8.94. The highest BCUT2D eigenvalue weighted by atomic mass is 32.3. The molecule has 0 bridgehead atoms. The molecule has 0 N–H and O–H groups in total. The number of unbranched alkanes of at least 4 members (excludes halogenated alkanes) is 9. The summed E-state index contributed by atoms with van der Waals surface area (Å²) in [6.07, 6.45) is 25.8. The maximum absolute atomic E-state index is 11.4. The molecule has 0 aliphatic carbocycles. The molecular formula is C30H52F12N6O8S4-2. The van der Waals surface area contributed by atoms with Crippen molar-refractivity contribution in [2.45, 2.75) is 133 Å². The number of nitrogens with zero attached hydrogens (tertiary/aromatic N) is 6. The van der Waals surface area contributed by atoms with Gasteiger partial charge >= 0.3 is 22.0 Å². The van der Waals surface area contributed by atoms with E-state index in [4.69, 9.17) is 0 Å². The van der Waals surface area contributed by atoms with Crippen molar-refractivity contribution in [3.63, 3.8) is 0 Å². The van der Waals surface area contributed by atoms with E-state index in [9.17, 15) is 86.4 Å². The van der Waals surface area contributed by atoms with Crippen LogP contribution in [0.25, 0.3) is 8.25 Å². The minimum absolute atomic E-state index is 0.577. The van der Waals surface area contributed by atoms with Crippen LogP contribution in [0.5, 0.6) is 0 Å². The maximum atomic E-state index is 11.4. The number of hydrogen-bond donors (Lipinski definition) is 0. The van der Waals surface area contributed by atoms with Crippen LogP contribution in [0.4, 0.5) is 52.7 Å². The van der Waals surface area contributed by atoms with Crippen LogP contribution < -0.4 is 0 Å². The van der Waals surface area contributed by atoms with Crippen molar-refractivity contribution in [3.8, 4) is 0 Å². The van der Waals surface area contributed by atoms with Gasteiger partial charge in [0.1, 0.15) is 0 Å². The number of rotatable bonds is 19. The van der Waals surface area contributed by atoms with E-state index in [0.29, 0.717) is 6.17 Å². The van der Waals surface area contributed by atoms with Crippen LogP contribution in [0.15, 0.2) is 24.8 Å². The van der Waals surface area contributed by atoms with Crippen molar-refractivity contribution in [2.75, 3.05) is 33.4 Å². The first-order valence-corrected chi connectivity index (χ1v) is 23.9. The summed E-state index contributed by atoms with van der Waals surface area (Å²) < 4.78 is 218. The number of hydrogen-bond acceptors (Lipinski definition) is 12. The molecule has 2 heterocycles. The summed E-state index contributed by atoms with van der Waals surface area (Å²) in [5.74, 6) is 0. The molecule has 0 aromatic heterocycles. The van der Waals surface area contributed by atoms with E-state index in [-0.39, 0.29) is 0 Å². The van der Waals surface area contributed by atoms with Crippen molar-refractivity contribution in [1.82, 2.24) is 19.6 Å². The van der Waals surface area contributed by atoms with Gasteiger partial charge in [0, 0.05) is 51.5 Å². The normalized spacial score (nSPS) is 15.7. The highest BCUT2D eigenvalue weighted by molar-refractivity contribution is 8.13. The van der Waals surface area contributed by atoms with Crippen molar-refractivity contribution >= 4 is 40.1 Å². The van der Waals surface area contributed by atoms with Crippen molar-refractivity contribution < 1.29 is 86.4 Å². The lowest BCUT2D eigenvalue weighted by Crippen LogP contribution is -2.36.